The van der Waals surface area contributed by atoms with E-state index in [2.05, 4.69) is 12.2 Å². The van der Waals surface area contributed by atoms with Gasteiger partial charge in [-0.05, 0) is 25.7 Å². The van der Waals surface area contributed by atoms with Crippen molar-refractivity contribution in [2.24, 2.45) is 5.41 Å². The van der Waals surface area contributed by atoms with Crippen LogP contribution in [-0.4, -0.2) is 5.78 Å². The van der Waals surface area contributed by atoms with E-state index in [1.807, 2.05) is 0 Å². The maximum absolute atomic E-state index is 11.3. The van der Waals surface area contributed by atoms with Crippen molar-refractivity contribution in [3.8, 4) is 0 Å². The van der Waals surface area contributed by atoms with Gasteiger partial charge in [-0.3, -0.25) is 4.79 Å². The van der Waals surface area contributed by atoms with Crippen LogP contribution >= 0.6 is 0 Å². The number of Topliss-reactive ketones (excluding diaryl/α,β-unsaturated/α-hetero) is 1. The summed E-state index contributed by atoms with van der Waals surface area (Å²) < 4.78 is 0. The minimum absolute atomic E-state index is 0.0278. The SMILES string of the molecule is O=C1CCCC12C=CCC2. The maximum atomic E-state index is 11.3. The van der Waals surface area contributed by atoms with E-state index in [0.29, 0.717) is 5.78 Å². The van der Waals surface area contributed by atoms with Gasteiger partial charge in [-0.25, -0.2) is 0 Å². The molecule has 0 heterocycles. The van der Waals surface area contributed by atoms with Gasteiger partial charge in [0, 0.05) is 11.8 Å². The van der Waals surface area contributed by atoms with E-state index < -0.39 is 0 Å². The van der Waals surface area contributed by atoms with E-state index in [-0.39, 0.29) is 5.41 Å². The lowest BCUT2D eigenvalue weighted by atomic mass is 9.85. The van der Waals surface area contributed by atoms with Crippen LogP contribution in [0.25, 0.3) is 0 Å². The van der Waals surface area contributed by atoms with Gasteiger partial charge in [0.15, 0.2) is 0 Å². The average molecular weight is 136 g/mol. The van der Waals surface area contributed by atoms with Crippen molar-refractivity contribution >= 4 is 5.78 Å². The van der Waals surface area contributed by atoms with E-state index >= 15 is 0 Å². The van der Waals surface area contributed by atoms with Crippen molar-refractivity contribution in [3.05, 3.63) is 12.2 Å². The molecule has 1 nitrogen and oxygen atoms in total. The van der Waals surface area contributed by atoms with Crippen LogP contribution in [0.2, 0.25) is 0 Å². The van der Waals surface area contributed by atoms with Crippen molar-refractivity contribution in [2.45, 2.75) is 32.1 Å². The topological polar surface area (TPSA) is 17.1 Å². The minimum Gasteiger partial charge on any atom is -0.299 e. The molecule has 2 aliphatic rings. The number of allylic oxidation sites excluding steroid dienone is 2. The fraction of sp³-hybridized carbons (Fsp3) is 0.667. The Hall–Kier alpha value is -0.590. The molecule has 0 aromatic carbocycles. The lowest BCUT2D eigenvalue weighted by Gasteiger charge is -2.17. The molecular weight excluding hydrogens is 124 g/mol. The fourth-order valence-corrected chi connectivity index (χ4v) is 2.13. The molecule has 0 radical (unpaired) electrons. The number of hydrogen-bond acceptors (Lipinski definition) is 1. The third-order valence-corrected chi connectivity index (χ3v) is 2.78. The van der Waals surface area contributed by atoms with Gasteiger partial charge in [0.05, 0.1) is 0 Å². The zero-order valence-corrected chi connectivity index (χ0v) is 6.10. The van der Waals surface area contributed by atoms with Crippen molar-refractivity contribution in [1.82, 2.24) is 0 Å². The maximum Gasteiger partial charge on any atom is 0.142 e. The van der Waals surface area contributed by atoms with Crippen LogP contribution in [0.1, 0.15) is 32.1 Å². The molecule has 0 aromatic rings. The second kappa shape index (κ2) is 1.94. The zero-order chi connectivity index (χ0) is 7.03. The fourth-order valence-electron chi connectivity index (χ4n) is 2.13. The molecule has 1 fully saturated rings. The third-order valence-electron chi connectivity index (χ3n) is 2.78. The normalized spacial score (nSPS) is 38.2. The Labute approximate surface area is 61.1 Å². The molecule has 0 N–H and O–H groups in total. The van der Waals surface area contributed by atoms with Crippen molar-refractivity contribution in [3.63, 3.8) is 0 Å². The van der Waals surface area contributed by atoms with Gasteiger partial charge in [-0.15, -0.1) is 0 Å². The standard InChI is InChI=1S/C9H12O/c10-8-4-3-7-9(8)5-1-2-6-9/h1,5H,2-4,6-7H2. The summed E-state index contributed by atoms with van der Waals surface area (Å²) in [6.07, 6.45) is 9.55. The molecule has 1 atom stereocenters. The van der Waals surface area contributed by atoms with Gasteiger partial charge in [0.2, 0.25) is 0 Å². The van der Waals surface area contributed by atoms with Crippen LogP contribution in [0.4, 0.5) is 0 Å². The van der Waals surface area contributed by atoms with Crippen LogP contribution in [0.5, 0.6) is 0 Å². The first-order chi connectivity index (χ1) is 4.83. The predicted molar refractivity (Wildman–Crippen MR) is 39.7 cm³/mol. The van der Waals surface area contributed by atoms with Crippen molar-refractivity contribution in [2.75, 3.05) is 0 Å². The summed E-state index contributed by atoms with van der Waals surface area (Å²) in [6, 6.07) is 0. The molecule has 0 aliphatic heterocycles. The van der Waals surface area contributed by atoms with Crippen LogP contribution < -0.4 is 0 Å². The summed E-state index contributed by atoms with van der Waals surface area (Å²) in [5.41, 5.74) is 0.0278. The lowest BCUT2D eigenvalue weighted by molar-refractivity contribution is -0.123. The molecule has 1 spiro atoms. The Kier molecular flexibility index (Phi) is 1.19. The monoisotopic (exact) mass is 136 g/mol. The lowest BCUT2D eigenvalue weighted by Crippen LogP contribution is -2.19. The molecule has 0 bridgehead atoms. The van der Waals surface area contributed by atoms with Crippen molar-refractivity contribution < 1.29 is 4.79 Å². The van der Waals surface area contributed by atoms with E-state index in [0.717, 1.165) is 32.1 Å². The summed E-state index contributed by atoms with van der Waals surface area (Å²) in [5.74, 6) is 0.487. The molecular formula is C9H12O. The summed E-state index contributed by atoms with van der Waals surface area (Å²) in [5, 5.41) is 0. The minimum atomic E-state index is 0.0278. The Morgan fingerprint density at radius 3 is 2.80 bits per heavy atom. The summed E-state index contributed by atoms with van der Waals surface area (Å²) in [7, 11) is 0. The largest absolute Gasteiger partial charge is 0.299 e. The van der Waals surface area contributed by atoms with Gasteiger partial charge in [-0.2, -0.15) is 0 Å². The number of hydrogen-bond donors (Lipinski definition) is 0. The number of rotatable bonds is 0. The second-order valence-electron chi connectivity index (χ2n) is 3.37. The molecule has 1 heteroatoms. The highest BCUT2D eigenvalue weighted by Gasteiger charge is 2.40. The highest BCUT2D eigenvalue weighted by Crippen LogP contribution is 2.43. The molecule has 0 amide bonds. The van der Waals surface area contributed by atoms with Crippen LogP contribution in [0, 0.1) is 5.41 Å². The Balaban J connectivity index is 2.28. The third kappa shape index (κ3) is 0.664. The van der Waals surface area contributed by atoms with E-state index in [4.69, 9.17) is 0 Å². The van der Waals surface area contributed by atoms with Gasteiger partial charge in [0.25, 0.3) is 0 Å². The van der Waals surface area contributed by atoms with Gasteiger partial charge in [0.1, 0.15) is 5.78 Å². The first kappa shape index (κ1) is 6.14. The molecule has 2 rings (SSSR count). The Morgan fingerprint density at radius 1 is 1.40 bits per heavy atom. The second-order valence-corrected chi connectivity index (χ2v) is 3.37. The smallest absolute Gasteiger partial charge is 0.142 e. The van der Waals surface area contributed by atoms with E-state index in [1.54, 1.807) is 0 Å². The number of carbonyl (C=O) groups excluding carboxylic acids is 1. The molecule has 54 valence electrons. The van der Waals surface area contributed by atoms with Crippen LogP contribution in [0.15, 0.2) is 12.2 Å². The molecule has 0 saturated heterocycles. The van der Waals surface area contributed by atoms with E-state index in [1.165, 1.54) is 0 Å². The quantitative estimate of drug-likeness (QED) is 0.466. The first-order valence-electron chi connectivity index (χ1n) is 4.05. The van der Waals surface area contributed by atoms with E-state index in [9.17, 15) is 4.79 Å². The number of carbonyl (C=O) groups is 1. The van der Waals surface area contributed by atoms with Gasteiger partial charge >= 0.3 is 0 Å². The van der Waals surface area contributed by atoms with Gasteiger partial charge < -0.3 is 0 Å². The first-order valence-corrected chi connectivity index (χ1v) is 4.05. The zero-order valence-electron chi connectivity index (χ0n) is 6.10. The molecule has 0 aromatic heterocycles. The van der Waals surface area contributed by atoms with Crippen LogP contribution in [0.3, 0.4) is 0 Å². The van der Waals surface area contributed by atoms with Gasteiger partial charge in [-0.1, -0.05) is 12.2 Å². The molecule has 1 unspecified atom stereocenters. The van der Waals surface area contributed by atoms with Crippen LogP contribution in [-0.2, 0) is 4.79 Å². The predicted octanol–water partition coefficient (Wildman–Crippen LogP) is 2.08. The van der Waals surface area contributed by atoms with Crippen molar-refractivity contribution in [1.29, 1.82) is 0 Å². The molecule has 1 saturated carbocycles. The molecule has 10 heavy (non-hydrogen) atoms. The summed E-state index contributed by atoms with van der Waals surface area (Å²) >= 11 is 0. The number of ketones is 1. The highest BCUT2D eigenvalue weighted by atomic mass is 16.1. The summed E-state index contributed by atoms with van der Waals surface area (Å²) in [4.78, 5) is 11.3. The highest BCUT2D eigenvalue weighted by molar-refractivity contribution is 5.89. The summed E-state index contributed by atoms with van der Waals surface area (Å²) in [6.45, 7) is 0. The Morgan fingerprint density at radius 2 is 2.30 bits per heavy atom. The molecule has 2 aliphatic carbocycles. The average Bonchev–Trinajstić information content (AvgIpc) is 2.48. The Bertz CT molecular complexity index is 193.